The second-order valence-corrected chi connectivity index (χ2v) is 7.03. The molecule has 0 aliphatic rings. The Morgan fingerprint density at radius 3 is 0.889 bits per heavy atom. The predicted octanol–water partition coefficient (Wildman–Crippen LogP) is 5.88. The summed E-state index contributed by atoms with van der Waals surface area (Å²) in [7, 11) is 0. The monoisotopic (exact) mass is 388 g/mol. The van der Waals surface area contributed by atoms with Gasteiger partial charge in [0.1, 0.15) is 0 Å². The minimum atomic E-state index is -0.759. The summed E-state index contributed by atoms with van der Waals surface area (Å²) in [5, 5.41) is 25.0. The SMILES string of the molecule is CCCCCCCCCCCC(=O)O.O=C(O)CCCCCCCC(=O)O. The average molecular weight is 389 g/mol. The van der Waals surface area contributed by atoms with Gasteiger partial charge < -0.3 is 15.3 Å². The van der Waals surface area contributed by atoms with Crippen LogP contribution in [0.25, 0.3) is 0 Å². The van der Waals surface area contributed by atoms with E-state index in [-0.39, 0.29) is 12.8 Å². The van der Waals surface area contributed by atoms with Crippen molar-refractivity contribution in [3.63, 3.8) is 0 Å². The zero-order valence-corrected chi connectivity index (χ0v) is 17.1. The molecule has 0 aromatic carbocycles. The summed E-state index contributed by atoms with van der Waals surface area (Å²) in [5.41, 5.74) is 0. The van der Waals surface area contributed by atoms with Crippen LogP contribution in [0.4, 0.5) is 0 Å². The topological polar surface area (TPSA) is 112 Å². The number of rotatable bonds is 18. The first-order valence-electron chi connectivity index (χ1n) is 10.6. The quantitative estimate of drug-likeness (QED) is 0.253. The van der Waals surface area contributed by atoms with Crippen molar-refractivity contribution in [2.24, 2.45) is 0 Å². The Bertz CT molecular complexity index is 350. The maximum Gasteiger partial charge on any atom is 0.303 e. The number of carbonyl (C=O) groups is 3. The molecule has 0 aromatic rings. The maximum atomic E-state index is 10.2. The molecule has 3 N–H and O–H groups in total. The fraction of sp³-hybridized carbons (Fsp3) is 0.857. The molecule has 6 nitrogen and oxygen atoms in total. The van der Waals surface area contributed by atoms with Crippen LogP contribution in [0.15, 0.2) is 0 Å². The largest absolute Gasteiger partial charge is 0.481 e. The fourth-order valence-electron chi connectivity index (χ4n) is 2.67. The van der Waals surface area contributed by atoms with Crippen LogP contribution in [-0.2, 0) is 14.4 Å². The van der Waals surface area contributed by atoms with Crippen LogP contribution in [0.3, 0.4) is 0 Å². The van der Waals surface area contributed by atoms with Crippen molar-refractivity contribution in [1.29, 1.82) is 0 Å². The molecular formula is C21H40O6. The molecule has 0 aliphatic carbocycles. The zero-order valence-electron chi connectivity index (χ0n) is 17.1. The molecule has 0 unspecified atom stereocenters. The summed E-state index contributed by atoms with van der Waals surface area (Å²) in [6, 6.07) is 0. The van der Waals surface area contributed by atoms with Crippen LogP contribution in [0.1, 0.15) is 116 Å². The van der Waals surface area contributed by atoms with Crippen LogP contribution in [0.2, 0.25) is 0 Å². The Kier molecular flexibility index (Phi) is 23.0. The molecule has 0 amide bonds. The standard InChI is InChI=1S/C12H24O2.C9H16O4/c1-2-3-4-5-6-7-8-9-10-11-12(13)14;10-8(11)6-4-2-1-3-5-7-9(12)13/h2-11H2,1H3,(H,13,14);1-7H2,(H,10,11)(H,12,13). The molecular weight excluding hydrogens is 348 g/mol. The van der Waals surface area contributed by atoms with Gasteiger partial charge in [0.25, 0.3) is 0 Å². The number of hydrogen-bond acceptors (Lipinski definition) is 3. The lowest BCUT2D eigenvalue weighted by Gasteiger charge is -2.00. The average Bonchev–Trinajstić information content (AvgIpc) is 2.59. The third-order valence-corrected chi connectivity index (χ3v) is 4.28. The number of hydrogen-bond donors (Lipinski definition) is 3. The van der Waals surface area contributed by atoms with Crippen molar-refractivity contribution in [3.8, 4) is 0 Å². The molecule has 0 heterocycles. The molecule has 27 heavy (non-hydrogen) atoms. The summed E-state index contributed by atoms with van der Waals surface area (Å²) >= 11 is 0. The highest BCUT2D eigenvalue weighted by Crippen LogP contribution is 2.10. The Balaban J connectivity index is 0. The van der Waals surface area contributed by atoms with Gasteiger partial charge in [-0.1, -0.05) is 77.6 Å². The van der Waals surface area contributed by atoms with E-state index in [0.717, 1.165) is 32.1 Å². The Hall–Kier alpha value is -1.59. The summed E-state index contributed by atoms with van der Waals surface area (Å²) in [6.07, 6.45) is 16.0. The van der Waals surface area contributed by atoms with E-state index in [1.54, 1.807) is 0 Å². The summed E-state index contributed by atoms with van der Waals surface area (Å²) in [6.45, 7) is 2.23. The molecule has 0 atom stereocenters. The summed E-state index contributed by atoms with van der Waals surface area (Å²) in [4.78, 5) is 30.4. The van der Waals surface area contributed by atoms with Gasteiger partial charge in [-0.2, -0.15) is 0 Å². The predicted molar refractivity (Wildman–Crippen MR) is 107 cm³/mol. The molecule has 0 fully saturated rings. The highest BCUT2D eigenvalue weighted by Gasteiger charge is 1.98. The minimum Gasteiger partial charge on any atom is -0.481 e. The van der Waals surface area contributed by atoms with Crippen LogP contribution in [-0.4, -0.2) is 33.2 Å². The maximum absolute atomic E-state index is 10.2. The van der Waals surface area contributed by atoms with Gasteiger partial charge in [-0.15, -0.1) is 0 Å². The highest BCUT2D eigenvalue weighted by atomic mass is 16.4. The van der Waals surface area contributed by atoms with Crippen LogP contribution in [0, 0.1) is 0 Å². The lowest BCUT2D eigenvalue weighted by Crippen LogP contribution is -1.95. The minimum absolute atomic E-state index is 0.221. The summed E-state index contributed by atoms with van der Waals surface area (Å²) < 4.78 is 0. The smallest absolute Gasteiger partial charge is 0.303 e. The van der Waals surface area contributed by atoms with Crippen LogP contribution in [0.5, 0.6) is 0 Å². The molecule has 0 aliphatic heterocycles. The van der Waals surface area contributed by atoms with Crippen molar-refractivity contribution >= 4 is 17.9 Å². The molecule has 6 heteroatoms. The van der Waals surface area contributed by atoms with Gasteiger partial charge in [0.2, 0.25) is 0 Å². The molecule has 0 bridgehead atoms. The zero-order chi connectivity index (χ0) is 20.8. The first-order valence-corrected chi connectivity index (χ1v) is 10.6. The number of carboxylic acid groups (broad SMARTS) is 3. The molecule has 160 valence electrons. The second kappa shape index (κ2) is 22.5. The summed E-state index contributed by atoms with van der Waals surface area (Å²) in [5.74, 6) is -2.18. The van der Waals surface area contributed by atoms with Crippen LogP contribution < -0.4 is 0 Å². The molecule has 0 spiro atoms. The molecule has 0 saturated carbocycles. The Labute approximate surface area is 164 Å². The van der Waals surface area contributed by atoms with E-state index in [1.807, 2.05) is 0 Å². The van der Waals surface area contributed by atoms with Crippen molar-refractivity contribution in [3.05, 3.63) is 0 Å². The van der Waals surface area contributed by atoms with E-state index in [0.29, 0.717) is 19.3 Å². The normalized spacial score (nSPS) is 10.1. The molecule has 0 saturated heterocycles. The number of carboxylic acids is 3. The van der Waals surface area contributed by atoms with Crippen molar-refractivity contribution in [2.45, 2.75) is 116 Å². The van der Waals surface area contributed by atoms with Gasteiger partial charge in [-0.05, 0) is 19.3 Å². The van der Waals surface area contributed by atoms with Crippen LogP contribution >= 0.6 is 0 Å². The van der Waals surface area contributed by atoms with Gasteiger partial charge in [0, 0.05) is 19.3 Å². The fourth-order valence-corrected chi connectivity index (χ4v) is 2.67. The third kappa shape index (κ3) is 32.5. The van der Waals surface area contributed by atoms with E-state index in [9.17, 15) is 14.4 Å². The lowest BCUT2D eigenvalue weighted by atomic mass is 10.1. The van der Waals surface area contributed by atoms with Gasteiger partial charge in [-0.3, -0.25) is 14.4 Å². The Morgan fingerprint density at radius 2 is 0.667 bits per heavy atom. The van der Waals surface area contributed by atoms with E-state index in [1.165, 1.54) is 44.9 Å². The van der Waals surface area contributed by atoms with Gasteiger partial charge in [0.15, 0.2) is 0 Å². The van der Waals surface area contributed by atoms with Crippen molar-refractivity contribution < 1.29 is 29.7 Å². The second-order valence-electron chi connectivity index (χ2n) is 7.03. The molecule has 0 radical (unpaired) electrons. The van der Waals surface area contributed by atoms with E-state index >= 15 is 0 Å². The number of unbranched alkanes of at least 4 members (excludes halogenated alkanes) is 12. The first-order chi connectivity index (χ1) is 12.9. The van der Waals surface area contributed by atoms with Crippen molar-refractivity contribution in [1.82, 2.24) is 0 Å². The van der Waals surface area contributed by atoms with Crippen molar-refractivity contribution in [2.75, 3.05) is 0 Å². The number of aliphatic carboxylic acids is 3. The third-order valence-electron chi connectivity index (χ3n) is 4.28. The van der Waals surface area contributed by atoms with Gasteiger partial charge in [0.05, 0.1) is 0 Å². The van der Waals surface area contributed by atoms with E-state index in [4.69, 9.17) is 15.3 Å². The highest BCUT2D eigenvalue weighted by molar-refractivity contribution is 5.67. The molecule has 0 aromatic heterocycles. The van der Waals surface area contributed by atoms with E-state index < -0.39 is 17.9 Å². The lowest BCUT2D eigenvalue weighted by molar-refractivity contribution is -0.138. The Morgan fingerprint density at radius 1 is 0.444 bits per heavy atom. The van der Waals surface area contributed by atoms with Gasteiger partial charge in [-0.25, -0.2) is 0 Å². The van der Waals surface area contributed by atoms with Gasteiger partial charge >= 0.3 is 17.9 Å². The first kappa shape index (κ1) is 27.6. The van der Waals surface area contributed by atoms with E-state index in [2.05, 4.69) is 6.92 Å². The molecule has 0 rings (SSSR count).